The molecule has 0 spiro atoms. The van der Waals surface area contributed by atoms with E-state index in [2.05, 4.69) is 20.8 Å². The topological polar surface area (TPSA) is 0 Å². The van der Waals surface area contributed by atoms with Gasteiger partial charge in [-0.25, -0.2) is 0 Å². The zero-order chi connectivity index (χ0) is 19.8. The van der Waals surface area contributed by atoms with Gasteiger partial charge in [-0.15, -0.1) is 0 Å². The van der Waals surface area contributed by atoms with Crippen LogP contribution in [0.3, 0.4) is 0 Å². The van der Waals surface area contributed by atoms with Crippen LogP contribution in [0.5, 0.6) is 0 Å². The molecule has 0 aliphatic rings. The third-order valence-electron chi connectivity index (χ3n) is 6.18. The average Bonchev–Trinajstić information content (AvgIpc) is 2.67. The van der Waals surface area contributed by atoms with E-state index in [1.54, 1.807) is 0 Å². The second-order valence-corrected chi connectivity index (χ2v) is 9.16. The highest BCUT2D eigenvalue weighted by molar-refractivity contribution is 4.61. The van der Waals surface area contributed by atoms with Gasteiger partial charge in [0.2, 0.25) is 0 Å². The highest BCUT2D eigenvalue weighted by atomic mass is 14.1. The Labute approximate surface area is 174 Å². The average molecular weight is 380 g/mol. The molecule has 0 aromatic rings. The minimum absolute atomic E-state index is 0.720. The Morgan fingerprint density at radius 1 is 0.370 bits per heavy atom. The van der Waals surface area contributed by atoms with Crippen LogP contribution in [0.1, 0.15) is 162 Å². The monoisotopic (exact) mass is 379 g/mol. The van der Waals surface area contributed by atoms with E-state index in [0.29, 0.717) is 0 Å². The first-order valence-electron chi connectivity index (χ1n) is 13.1. The van der Waals surface area contributed by atoms with E-state index < -0.39 is 0 Å². The van der Waals surface area contributed by atoms with Gasteiger partial charge >= 0.3 is 0 Å². The number of unbranched alkanes of at least 4 members (excludes halogenated alkanes) is 19. The lowest BCUT2D eigenvalue weighted by molar-refractivity contribution is 0.467. The molecule has 1 atom stereocenters. The van der Waals surface area contributed by atoms with E-state index in [9.17, 15) is 0 Å². The van der Waals surface area contributed by atoms with Gasteiger partial charge in [-0.1, -0.05) is 168 Å². The molecule has 0 heterocycles. The fourth-order valence-electron chi connectivity index (χ4n) is 4.16. The Balaban J connectivity index is 3.05. The van der Waals surface area contributed by atoms with Crippen LogP contribution >= 0.6 is 0 Å². The third-order valence-corrected chi connectivity index (χ3v) is 6.18. The molecule has 0 nitrogen and oxygen atoms in total. The predicted molar refractivity (Wildman–Crippen MR) is 126 cm³/mol. The Morgan fingerprint density at radius 2 is 0.593 bits per heavy atom. The molecule has 0 N–H and O–H groups in total. The minimum Gasteiger partial charge on any atom is -0.0654 e. The van der Waals surface area contributed by atoms with Crippen molar-refractivity contribution in [3.05, 3.63) is 6.92 Å². The minimum atomic E-state index is 0.720. The molecule has 0 bridgehead atoms. The lowest BCUT2D eigenvalue weighted by Gasteiger charge is -2.10. The highest BCUT2D eigenvalue weighted by Crippen LogP contribution is 2.18. The van der Waals surface area contributed by atoms with Gasteiger partial charge in [-0.2, -0.15) is 0 Å². The van der Waals surface area contributed by atoms with Gasteiger partial charge in [0.15, 0.2) is 0 Å². The van der Waals surface area contributed by atoms with Crippen LogP contribution in [0, 0.1) is 12.8 Å². The fraction of sp³-hybridized carbons (Fsp3) is 0.963. The Kier molecular flexibility index (Phi) is 24.0. The molecular formula is C27H55. The molecule has 0 fully saturated rings. The van der Waals surface area contributed by atoms with Gasteiger partial charge in [-0.05, 0) is 5.92 Å². The van der Waals surface area contributed by atoms with Crippen molar-refractivity contribution < 1.29 is 0 Å². The maximum absolute atomic E-state index is 4.32. The second kappa shape index (κ2) is 24.0. The summed E-state index contributed by atoms with van der Waals surface area (Å²) in [5, 5.41) is 0. The molecule has 0 amide bonds. The summed E-state index contributed by atoms with van der Waals surface area (Å²) in [4.78, 5) is 0. The second-order valence-electron chi connectivity index (χ2n) is 9.16. The summed E-state index contributed by atoms with van der Waals surface area (Å²) < 4.78 is 0. The lowest BCUT2D eigenvalue weighted by Crippen LogP contribution is -1.95. The van der Waals surface area contributed by atoms with Crippen LogP contribution in [0.4, 0.5) is 0 Å². The molecule has 0 saturated carbocycles. The van der Waals surface area contributed by atoms with Crippen LogP contribution in [-0.2, 0) is 0 Å². The Morgan fingerprint density at radius 3 is 0.926 bits per heavy atom. The molecular weight excluding hydrogens is 324 g/mol. The van der Waals surface area contributed by atoms with Gasteiger partial charge in [0, 0.05) is 0 Å². The molecule has 27 heavy (non-hydrogen) atoms. The first kappa shape index (κ1) is 27.0. The fourth-order valence-corrected chi connectivity index (χ4v) is 4.16. The van der Waals surface area contributed by atoms with Gasteiger partial charge in [0.25, 0.3) is 0 Å². The van der Waals surface area contributed by atoms with Gasteiger partial charge in [0.1, 0.15) is 0 Å². The van der Waals surface area contributed by atoms with E-state index in [1.807, 2.05) is 0 Å². The van der Waals surface area contributed by atoms with E-state index in [-0.39, 0.29) is 0 Å². The molecule has 0 saturated heterocycles. The molecule has 0 aromatic carbocycles. The van der Waals surface area contributed by atoms with E-state index >= 15 is 0 Å². The molecule has 1 radical (unpaired) electrons. The lowest BCUT2D eigenvalue weighted by atomic mass is 9.96. The summed E-state index contributed by atoms with van der Waals surface area (Å²) >= 11 is 0. The maximum atomic E-state index is 4.32. The van der Waals surface area contributed by atoms with Crippen molar-refractivity contribution in [3.8, 4) is 0 Å². The molecule has 163 valence electrons. The molecule has 0 heteroatoms. The molecule has 0 aliphatic carbocycles. The quantitative estimate of drug-likeness (QED) is 0.155. The molecule has 0 rings (SSSR count). The van der Waals surface area contributed by atoms with Crippen molar-refractivity contribution in [2.45, 2.75) is 162 Å². The normalized spacial score (nSPS) is 12.6. The molecule has 0 aliphatic heterocycles. The summed E-state index contributed by atoms with van der Waals surface area (Å²) in [6, 6.07) is 0. The molecule has 1 unspecified atom stereocenters. The summed E-state index contributed by atoms with van der Waals surface area (Å²) in [6.45, 7) is 8.91. The number of hydrogen-bond acceptors (Lipinski definition) is 0. The smallest absolute Gasteiger partial charge is 0.0414 e. The van der Waals surface area contributed by atoms with Crippen LogP contribution < -0.4 is 0 Å². The number of rotatable bonds is 23. The van der Waals surface area contributed by atoms with Crippen LogP contribution in [0.15, 0.2) is 0 Å². The van der Waals surface area contributed by atoms with Crippen molar-refractivity contribution >= 4 is 0 Å². The Bertz CT molecular complexity index is 244. The third kappa shape index (κ3) is 24.0. The van der Waals surface area contributed by atoms with Crippen molar-refractivity contribution in [2.24, 2.45) is 5.92 Å². The first-order chi connectivity index (χ1) is 13.3. The zero-order valence-electron chi connectivity index (χ0n) is 19.5. The summed E-state index contributed by atoms with van der Waals surface area (Å²) in [6.07, 6.45) is 33.2. The maximum Gasteiger partial charge on any atom is -0.0414 e. The van der Waals surface area contributed by atoms with Gasteiger partial charge < -0.3 is 0 Å². The van der Waals surface area contributed by atoms with Crippen molar-refractivity contribution in [1.82, 2.24) is 0 Å². The molecule has 0 aromatic heterocycles. The van der Waals surface area contributed by atoms with Gasteiger partial charge in [0.05, 0.1) is 0 Å². The SMILES string of the molecule is [CH2]C(CCCCC)CCCCCCCCCCCCCCCCCCCC. The highest BCUT2D eigenvalue weighted by Gasteiger charge is 2.01. The van der Waals surface area contributed by atoms with Gasteiger partial charge in [-0.3, -0.25) is 0 Å². The zero-order valence-corrected chi connectivity index (χ0v) is 19.5. The predicted octanol–water partition coefficient (Wildman–Crippen LogP) is 10.4. The van der Waals surface area contributed by atoms with Crippen LogP contribution in [-0.4, -0.2) is 0 Å². The van der Waals surface area contributed by atoms with Crippen molar-refractivity contribution in [2.75, 3.05) is 0 Å². The van der Waals surface area contributed by atoms with Crippen molar-refractivity contribution in [3.63, 3.8) is 0 Å². The summed E-state index contributed by atoms with van der Waals surface area (Å²) in [5.74, 6) is 0.720. The van der Waals surface area contributed by atoms with Crippen LogP contribution in [0.25, 0.3) is 0 Å². The van der Waals surface area contributed by atoms with Crippen LogP contribution in [0.2, 0.25) is 0 Å². The number of hydrogen-bond donors (Lipinski definition) is 0. The largest absolute Gasteiger partial charge is 0.0654 e. The van der Waals surface area contributed by atoms with E-state index in [4.69, 9.17) is 0 Å². The first-order valence-corrected chi connectivity index (χ1v) is 13.1. The van der Waals surface area contributed by atoms with E-state index in [0.717, 1.165) is 5.92 Å². The Hall–Kier alpha value is 0. The van der Waals surface area contributed by atoms with E-state index in [1.165, 1.54) is 148 Å². The van der Waals surface area contributed by atoms with Crippen molar-refractivity contribution in [1.29, 1.82) is 0 Å². The standard InChI is InChI=1S/C27H55/c1-4-6-8-9-10-11-12-13-14-15-16-17-18-19-20-21-22-24-26-27(3)25-23-7-5-2/h27H,3-26H2,1-2H3. The summed E-state index contributed by atoms with van der Waals surface area (Å²) in [5.41, 5.74) is 0. The summed E-state index contributed by atoms with van der Waals surface area (Å²) in [7, 11) is 0.